The second-order valence-corrected chi connectivity index (χ2v) is 4.89. The zero-order valence-electron chi connectivity index (χ0n) is 8.47. The van der Waals surface area contributed by atoms with Crippen LogP contribution in [0.3, 0.4) is 0 Å². The summed E-state index contributed by atoms with van der Waals surface area (Å²) in [5, 5.41) is 9.23. The van der Waals surface area contributed by atoms with Gasteiger partial charge >= 0.3 is 5.97 Å². The van der Waals surface area contributed by atoms with Crippen LogP contribution in [-0.2, 0) is 4.74 Å². The van der Waals surface area contributed by atoms with E-state index in [0.29, 0.717) is 12.3 Å². The fourth-order valence-electron chi connectivity index (χ4n) is 0.997. The van der Waals surface area contributed by atoms with Crippen molar-refractivity contribution in [1.29, 1.82) is 0 Å². The van der Waals surface area contributed by atoms with Gasteiger partial charge in [0.15, 0.2) is 10.0 Å². The third kappa shape index (κ3) is 2.61. The van der Waals surface area contributed by atoms with Gasteiger partial charge in [0.05, 0.1) is 11.6 Å². The smallest absolute Gasteiger partial charge is 0.357 e. The predicted molar refractivity (Wildman–Crippen MR) is 60.8 cm³/mol. The van der Waals surface area contributed by atoms with E-state index >= 15 is 0 Å². The molecule has 0 saturated carbocycles. The molecular weight excluding hydrogens is 246 g/mol. The first-order valence-electron chi connectivity index (χ1n) is 4.59. The second kappa shape index (κ2) is 5.13. The van der Waals surface area contributed by atoms with E-state index in [2.05, 4.69) is 15.2 Å². The Morgan fingerprint density at radius 3 is 3.25 bits per heavy atom. The topological polar surface area (TPSA) is 67.9 Å². The van der Waals surface area contributed by atoms with Crippen LogP contribution in [0.25, 0.3) is 0 Å². The van der Waals surface area contributed by atoms with Gasteiger partial charge in [-0.2, -0.15) is 5.10 Å². The first-order chi connectivity index (χ1) is 7.79. The number of carbonyl (C=O) groups excluding carboxylic acids is 1. The van der Waals surface area contributed by atoms with Gasteiger partial charge in [0.2, 0.25) is 0 Å². The van der Waals surface area contributed by atoms with Gasteiger partial charge < -0.3 is 4.74 Å². The predicted octanol–water partition coefficient (Wildman–Crippen LogP) is 2.19. The number of hydrogen-bond acceptors (Lipinski definition) is 6. The molecule has 0 spiro atoms. The maximum Gasteiger partial charge on any atom is 0.357 e. The third-order valence-electron chi connectivity index (χ3n) is 1.64. The number of nitrogens with zero attached hydrogens (tertiary/aromatic N) is 2. The van der Waals surface area contributed by atoms with Crippen molar-refractivity contribution < 1.29 is 9.53 Å². The lowest BCUT2D eigenvalue weighted by Crippen LogP contribution is -2.04. The van der Waals surface area contributed by atoms with Crippen molar-refractivity contribution in [1.82, 2.24) is 15.2 Å². The molecule has 0 unspecified atom stereocenters. The van der Waals surface area contributed by atoms with E-state index in [9.17, 15) is 4.79 Å². The van der Waals surface area contributed by atoms with Crippen LogP contribution in [0.15, 0.2) is 27.0 Å². The maximum atomic E-state index is 11.4. The van der Waals surface area contributed by atoms with E-state index < -0.39 is 0 Å². The SMILES string of the molecule is CCOC(=O)c1csc(Sc2ccn[nH]2)n1. The standard InChI is InChI=1S/C9H9N3O2S2/c1-2-14-8(13)6-5-15-9(11-6)16-7-3-4-10-12-7/h3-5H,2H2,1H3,(H,10,12). The van der Waals surface area contributed by atoms with Crippen LogP contribution < -0.4 is 0 Å². The van der Waals surface area contributed by atoms with Gasteiger partial charge in [0.1, 0.15) is 0 Å². The van der Waals surface area contributed by atoms with Crippen molar-refractivity contribution in [2.45, 2.75) is 16.3 Å². The summed E-state index contributed by atoms with van der Waals surface area (Å²) < 4.78 is 5.64. The first kappa shape index (κ1) is 11.2. The third-order valence-corrected chi connectivity index (χ3v) is 3.53. The Balaban J connectivity index is 2.05. The van der Waals surface area contributed by atoms with Gasteiger partial charge in [0, 0.05) is 11.6 Å². The van der Waals surface area contributed by atoms with E-state index in [4.69, 9.17) is 4.74 Å². The number of esters is 1. The highest BCUT2D eigenvalue weighted by Crippen LogP contribution is 2.28. The van der Waals surface area contributed by atoms with Crippen LogP contribution in [0.4, 0.5) is 0 Å². The minimum atomic E-state index is -0.379. The van der Waals surface area contributed by atoms with Crippen LogP contribution in [0, 0.1) is 0 Å². The molecule has 1 N–H and O–H groups in total. The molecule has 0 amide bonds. The average Bonchev–Trinajstić information content (AvgIpc) is 2.90. The number of H-pyrrole nitrogens is 1. The summed E-state index contributed by atoms with van der Waals surface area (Å²) in [5.74, 6) is -0.379. The van der Waals surface area contributed by atoms with Crippen molar-refractivity contribution in [2.75, 3.05) is 6.61 Å². The van der Waals surface area contributed by atoms with Crippen molar-refractivity contribution in [3.63, 3.8) is 0 Å². The molecule has 84 valence electrons. The molecule has 2 aromatic rings. The summed E-state index contributed by atoms with van der Waals surface area (Å²) in [6.45, 7) is 2.13. The average molecular weight is 255 g/mol. The Labute approximate surface area is 100 Å². The quantitative estimate of drug-likeness (QED) is 0.848. The summed E-state index contributed by atoms with van der Waals surface area (Å²) in [4.78, 5) is 15.5. The molecule has 0 aliphatic carbocycles. The van der Waals surface area contributed by atoms with Crippen LogP contribution in [-0.4, -0.2) is 27.8 Å². The summed E-state index contributed by atoms with van der Waals surface area (Å²) in [7, 11) is 0. The normalized spacial score (nSPS) is 10.3. The number of carbonyl (C=O) groups is 1. The zero-order chi connectivity index (χ0) is 11.4. The molecule has 0 radical (unpaired) electrons. The number of ether oxygens (including phenoxy) is 1. The molecular formula is C9H9N3O2S2. The highest BCUT2D eigenvalue weighted by Gasteiger charge is 2.12. The lowest BCUT2D eigenvalue weighted by Gasteiger charge is -1.95. The number of aromatic nitrogens is 3. The van der Waals surface area contributed by atoms with E-state index in [0.717, 1.165) is 9.37 Å². The van der Waals surface area contributed by atoms with Gasteiger partial charge in [-0.25, -0.2) is 9.78 Å². The summed E-state index contributed by atoms with van der Waals surface area (Å²) in [6, 6.07) is 1.84. The number of rotatable bonds is 4. The second-order valence-electron chi connectivity index (χ2n) is 2.74. The van der Waals surface area contributed by atoms with Crippen LogP contribution in [0.2, 0.25) is 0 Å². The van der Waals surface area contributed by atoms with Crippen LogP contribution in [0.1, 0.15) is 17.4 Å². The minimum Gasteiger partial charge on any atom is -0.461 e. The number of hydrogen-bond donors (Lipinski definition) is 1. The van der Waals surface area contributed by atoms with Gasteiger partial charge in [-0.15, -0.1) is 11.3 Å². The van der Waals surface area contributed by atoms with Crippen molar-refractivity contribution >= 4 is 29.1 Å². The van der Waals surface area contributed by atoms with E-state index in [1.807, 2.05) is 6.07 Å². The van der Waals surface area contributed by atoms with Crippen molar-refractivity contribution in [3.8, 4) is 0 Å². The van der Waals surface area contributed by atoms with Crippen LogP contribution >= 0.6 is 23.1 Å². The number of thiazole rings is 1. The van der Waals surface area contributed by atoms with Gasteiger partial charge in [-0.3, -0.25) is 5.10 Å². The molecule has 2 aromatic heterocycles. The molecule has 0 aliphatic rings. The highest BCUT2D eigenvalue weighted by atomic mass is 32.2. The fourth-order valence-corrected chi connectivity index (χ4v) is 2.67. The van der Waals surface area contributed by atoms with Crippen molar-refractivity contribution in [3.05, 3.63) is 23.3 Å². The van der Waals surface area contributed by atoms with Gasteiger partial charge in [-0.1, -0.05) is 0 Å². The molecule has 0 fully saturated rings. The number of nitrogens with one attached hydrogen (secondary N) is 1. The van der Waals surface area contributed by atoms with Crippen LogP contribution in [0.5, 0.6) is 0 Å². The van der Waals surface area contributed by atoms with E-state index in [-0.39, 0.29) is 5.97 Å². The first-order valence-corrected chi connectivity index (χ1v) is 6.29. The Hall–Kier alpha value is -1.34. The fraction of sp³-hybridized carbons (Fsp3) is 0.222. The number of aromatic amines is 1. The molecule has 0 saturated heterocycles. The molecule has 0 aromatic carbocycles. The van der Waals surface area contributed by atoms with Crippen molar-refractivity contribution in [2.24, 2.45) is 0 Å². The molecule has 0 atom stereocenters. The highest BCUT2D eigenvalue weighted by molar-refractivity contribution is 8.01. The van der Waals surface area contributed by atoms with Gasteiger partial charge in [0.25, 0.3) is 0 Å². The van der Waals surface area contributed by atoms with Gasteiger partial charge in [-0.05, 0) is 24.8 Å². The molecule has 16 heavy (non-hydrogen) atoms. The zero-order valence-corrected chi connectivity index (χ0v) is 10.1. The lowest BCUT2D eigenvalue weighted by atomic mass is 10.5. The summed E-state index contributed by atoms with van der Waals surface area (Å²) >= 11 is 2.84. The molecule has 2 heterocycles. The lowest BCUT2D eigenvalue weighted by molar-refractivity contribution is 0.0520. The Bertz CT molecular complexity index is 467. The molecule has 0 bridgehead atoms. The van der Waals surface area contributed by atoms with E-state index in [1.54, 1.807) is 18.5 Å². The molecule has 5 nitrogen and oxygen atoms in total. The molecule has 2 rings (SSSR count). The summed E-state index contributed by atoms with van der Waals surface area (Å²) in [6.07, 6.45) is 1.67. The minimum absolute atomic E-state index is 0.355. The summed E-state index contributed by atoms with van der Waals surface area (Å²) in [5.41, 5.74) is 0.355. The molecule has 7 heteroatoms. The Kier molecular flexibility index (Phi) is 3.58. The van der Waals surface area contributed by atoms with E-state index in [1.165, 1.54) is 23.1 Å². The maximum absolute atomic E-state index is 11.4. The molecule has 0 aliphatic heterocycles. The largest absolute Gasteiger partial charge is 0.461 e. The Morgan fingerprint density at radius 1 is 1.69 bits per heavy atom. The monoisotopic (exact) mass is 255 g/mol. The Morgan fingerprint density at radius 2 is 2.56 bits per heavy atom.